The lowest BCUT2D eigenvalue weighted by atomic mass is 10.0. The zero-order valence-electron chi connectivity index (χ0n) is 12.4. The molecular formula is C14H26N2O3S. The van der Waals surface area contributed by atoms with E-state index < -0.39 is 5.97 Å². The van der Waals surface area contributed by atoms with Crippen LogP contribution in [-0.2, 0) is 4.79 Å². The molecule has 6 heteroatoms. The van der Waals surface area contributed by atoms with Crippen molar-refractivity contribution in [2.24, 2.45) is 5.92 Å². The second-order valence-corrected chi connectivity index (χ2v) is 6.97. The lowest BCUT2D eigenvalue weighted by Crippen LogP contribution is -2.42. The number of rotatable bonds is 8. The fourth-order valence-corrected chi connectivity index (χ4v) is 3.41. The van der Waals surface area contributed by atoms with Gasteiger partial charge in [-0.2, -0.15) is 11.8 Å². The van der Waals surface area contributed by atoms with Crippen LogP contribution in [0.25, 0.3) is 0 Å². The summed E-state index contributed by atoms with van der Waals surface area (Å²) in [5.41, 5.74) is 0. The number of carboxylic acid groups (broad SMARTS) is 1. The highest BCUT2D eigenvalue weighted by molar-refractivity contribution is 8.00. The standard InChI is InChI=1S/C14H26N2O3S/c1-10(13(17)18)5-3-6-11(2)16-14(19)15-9-12-7-4-8-20-12/h10-12H,3-9H2,1-2H3,(H,17,18)(H2,15,16,19). The number of urea groups is 1. The molecule has 0 spiro atoms. The van der Waals surface area contributed by atoms with E-state index in [1.165, 1.54) is 18.6 Å². The van der Waals surface area contributed by atoms with Crippen LogP contribution in [0.2, 0.25) is 0 Å². The predicted molar refractivity (Wildman–Crippen MR) is 82.1 cm³/mol. The van der Waals surface area contributed by atoms with E-state index in [9.17, 15) is 9.59 Å². The van der Waals surface area contributed by atoms with E-state index in [2.05, 4.69) is 10.6 Å². The summed E-state index contributed by atoms with van der Waals surface area (Å²) in [7, 11) is 0. The highest BCUT2D eigenvalue weighted by atomic mass is 32.2. The molecule has 3 atom stereocenters. The van der Waals surface area contributed by atoms with Gasteiger partial charge in [0, 0.05) is 17.8 Å². The maximum Gasteiger partial charge on any atom is 0.315 e. The second kappa shape index (κ2) is 9.10. The van der Waals surface area contributed by atoms with Gasteiger partial charge in [-0.1, -0.05) is 13.3 Å². The number of thioether (sulfide) groups is 1. The summed E-state index contributed by atoms with van der Waals surface area (Å²) >= 11 is 1.92. The lowest BCUT2D eigenvalue weighted by Gasteiger charge is -2.16. The Morgan fingerprint density at radius 1 is 1.35 bits per heavy atom. The van der Waals surface area contributed by atoms with Crippen molar-refractivity contribution in [3.8, 4) is 0 Å². The van der Waals surface area contributed by atoms with Gasteiger partial charge in [0.1, 0.15) is 0 Å². The van der Waals surface area contributed by atoms with Crippen LogP contribution in [0.5, 0.6) is 0 Å². The van der Waals surface area contributed by atoms with E-state index in [0.29, 0.717) is 11.7 Å². The number of carboxylic acids is 1. The summed E-state index contributed by atoms with van der Waals surface area (Å²) in [6.45, 7) is 4.40. The molecule has 1 aliphatic heterocycles. The first kappa shape index (κ1) is 17.1. The minimum atomic E-state index is -0.752. The average molecular weight is 302 g/mol. The Morgan fingerprint density at radius 2 is 2.10 bits per heavy atom. The maximum absolute atomic E-state index is 11.7. The summed E-state index contributed by atoms with van der Waals surface area (Å²) in [5.74, 6) is 0.138. The Balaban J connectivity index is 2.06. The second-order valence-electron chi connectivity index (χ2n) is 5.56. The molecule has 0 aromatic rings. The average Bonchev–Trinajstić information content (AvgIpc) is 2.89. The molecule has 0 aliphatic carbocycles. The molecule has 0 radical (unpaired) electrons. The summed E-state index contributed by atoms with van der Waals surface area (Å²) < 4.78 is 0. The molecule has 0 aromatic heterocycles. The Bertz CT molecular complexity index is 320. The van der Waals surface area contributed by atoms with Crippen molar-refractivity contribution in [2.75, 3.05) is 12.3 Å². The van der Waals surface area contributed by atoms with Crippen molar-refractivity contribution in [1.29, 1.82) is 0 Å². The molecule has 1 aliphatic rings. The highest BCUT2D eigenvalue weighted by Gasteiger charge is 2.17. The van der Waals surface area contributed by atoms with Crippen LogP contribution in [0.3, 0.4) is 0 Å². The molecular weight excluding hydrogens is 276 g/mol. The van der Waals surface area contributed by atoms with Crippen molar-refractivity contribution in [2.45, 2.75) is 57.2 Å². The van der Waals surface area contributed by atoms with Crippen LogP contribution in [0.1, 0.15) is 46.0 Å². The molecule has 3 N–H and O–H groups in total. The van der Waals surface area contributed by atoms with Crippen LogP contribution in [-0.4, -0.2) is 40.7 Å². The maximum atomic E-state index is 11.7. The molecule has 1 fully saturated rings. The quantitative estimate of drug-likeness (QED) is 0.643. The van der Waals surface area contributed by atoms with E-state index in [-0.39, 0.29) is 18.0 Å². The van der Waals surface area contributed by atoms with Crippen molar-refractivity contribution in [3.05, 3.63) is 0 Å². The minimum Gasteiger partial charge on any atom is -0.481 e. The van der Waals surface area contributed by atoms with Gasteiger partial charge in [0.05, 0.1) is 5.92 Å². The van der Waals surface area contributed by atoms with Gasteiger partial charge in [-0.15, -0.1) is 0 Å². The number of hydrogen-bond acceptors (Lipinski definition) is 3. The summed E-state index contributed by atoms with van der Waals surface area (Å²) in [6, 6.07) is -0.0384. The molecule has 20 heavy (non-hydrogen) atoms. The van der Waals surface area contributed by atoms with E-state index >= 15 is 0 Å². The molecule has 116 valence electrons. The number of amides is 2. The third kappa shape index (κ3) is 7.03. The summed E-state index contributed by atoms with van der Waals surface area (Å²) in [4.78, 5) is 22.4. The highest BCUT2D eigenvalue weighted by Crippen LogP contribution is 2.25. The molecule has 0 aromatic carbocycles. The van der Waals surface area contributed by atoms with E-state index in [1.807, 2.05) is 18.7 Å². The Labute approximate surface area is 125 Å². The number of nitrogens with one attached hydrogen (secondary N) is 2. The van der Waals surface area contributed by atoms with Gasteiger partial charge >= 0.3 is 12.0 Å². The molecule has 1 saturated heterocycles. The van der Waals surface area contributed by atoms with Crippen molar-refractivity contribution in [3.63, 3.8) is 0 Å². The lowest BCUT2D eigenvalue weighted by molar-refractivity contribution is -0.141. The number of aliphatic carboxylic acids is 1. The first-order valence-corrected chi connectivity index (χ1v) is 8.42. The van der Waals surface area contributed by atoms with Crippen molar-refractivity contribution >= 4 is 23.8 Å². The fourth-order valence-electron chi connectivity index (χ4n) is 2.21. The van der Waals surface area contributed by atoms with Crippen LogP contribution in [0.15, 0.2) is 0 Å². The van der Waals surface area contributed by atoms with Crippen LogP contribution >= 0.6 is 11.8 Å². The topological polar surface area (TPSA) is 78.4 Å². The number of hydrogen-bond donors (Lipinski definition) is 3. The Hall–Kier alpha value is -0.910. The number of carbonyl (C=O) groups is 2. The third-order valence-electron chi connectivity index (χ3n) is 3.59. The molecule has 2 amide bonds. The summed E-state index contributed by atoms with van der Waals surface area (Å²) in [6.07, 6.45) is 4.71. The monoisotopic (exact) mass is 302 g/mol. The van der Waals surface area contributed by atoms with Crippen molar-refractivity contribution in [1.82, 2.24) is 10.6 Å². The normalized spacial score (nSPS) is 21.2. The van der Waals surface area contributed by atoms with Crippen molar-refractivity contribution < 1.29 is 14.7 Å². The number of carbonyl (C=O) groups excluding carboxylic acids is 1. The molecule has 1 rings (SSSR count). The van der Waals surface area contributed by atoms with Gasteiger partial charge in [0.2, 0.25) is 0 Å². The van der Waals surface area contributed by atoms with E-state index in [4.69, 9.17) is 5.11 Å². The first-order valence-electron chi connectivity index (χ1n) is 7.37. The van der Waals surface area contributed by atoms with Gasteiger partial charge in [0.25, 0.3) is 0 Å². The molecule has 3 unspecified atom stereocenters. The summed E-state index contributed by atoms with van der Waals surface area (Å²) in [5, 5.41) is 15.2. The smallest absolute Gasteiger partial charge is 0.315 e. The Morgan fingerprint density at radius 3 is 2.70 bits per heavy atom. The fraction of sp³-hybridized carbons (Fsp3) is 0.857. The van der Waals surface area contributed by atoms with Gasteiger partial charge < -0.3 is 15.7 Å². The Kier molecular flexibility index (Phi) is 7.80. The zero-order chi connectivity index (χ0) is 15.0. The van der Waals surface area contributed by atoms with Gasteiger partial charge in [-0.05, 0) is 38.4 Å². The van der Waals surface area contributed by atoms with Gasteiger partial charge in [0.15, 0.2) is 0 Å². The van der Waals surface area contributed by atoms with Crippen LogP contribution in [0, 0.1) is 5.92 Å². The SMILES string of the molecule is CC(CCCC(C)C(=O)O)NC(=O)NCC1CCCS1. The zero-order valence-corrected chi connectivity index (χ0v) is 13.2. The largest absolute Gasteiger partial charge is 0.481 e. The first-order chi connectivity index (χ1) is 9.49. The van der Waals surface area contributed by atoms with Crippen LogP contribution in [0.4, 0.5) is 4.79 Å². The molecule has 1 heterocycles. The molecule has 5 nitrogen and oxygen atoms in total. The minimum absolute atomic E-state index is 0.0761. The van der Waals surface area contributed by atoms with Crippen LogP contribution < -0.4 is 10.6 Å². The van der Waals surface area contributed by atoms with E-state index in [1.54, 1.807) is 6.92 Å². The third-order valence-corrected chi connectivity index (χ3v) is 4.99. The predicted octanol–water partition coefficient (Wildman–Crippen LogP) is 2.46. The molecule has 0 bridgehead atoms. The van der Waals surface area contributed by atoms with Gasteiger partial charge in [-0.3, -0.25) is 4.79 Å². The van der Waals surface area contributed by atoms with E-state index in [0.717, 1.165) is 19.4 Å². The van der Waals surface area contributed by atoms with Gasteiger partial charge in [-0.25, -0.2) is 4.79 Å². The molecule has 0 saturated carbocycles.